The molecule has 0 bridgehead atoms. The molecule has 92 valence electrons. The first-order valence-electron chi connectivity index (χ1n) is 6.07. The average Bonchev–Trinajstić information content (AvgIpc) is 2.77. The van der Waals surface area contributed by atoms with Gasteiger partial charge in [-0.3, -0.25) is 4.90 Å². The summed E-state index contributed by atoms with van der Waals surface area (Å²) in [4.78, 5) is 3.98. The van der Waals surface area contributed by atoms with E-state index in [0.717, 1.165) is 31.3 Å². The smallest absolute Gasteiger partial charge is 0.0327 e. The van der Waals surface area contributed by atoms with E-state index in [-0.39, 0.29) is 0 Å². The zero-order valence-electron chi connectivity index (χ0n) is 10.3. The molecular formula is C13H22ClNS. The molecule has 1 aromatic rings. The Morgan fingerprint density at radius 3 is 2.81 bits per heavy atom. The predicted octanol–water partition coefficient (Wildman–Crippen LogP) is 4.23. The maximum Gasteiger partial charge on any atom is 0.0327 e. The van der Waals surface area contributed by atoms with Crippen LogP contribution in [0, 0.1) is 5.92 Å². The van der Waals surface area contributed by atoms with Gasteiger partial charge in [0.25, 0.3) is 0 Å². The SMILES string of the molecule is CCN(CCC(C)CCCl)Cc1cccs1. The number of hydrogen-bond donors (Lipinski definition) is 0. The quantitative estimate of drug-likeness (QED) is 0.632. The maximum absolute atomic E-state index is 5.75. The largest absolute Gasteiger partial charge is 0.299 e. The second kappa shape index (κ2) is 8.10. The average molecular weight is 260 g/mol. The standard InChI is InChI=1S/C13H22ClNS/c1-3-15(9-7-12(2)6-8-14)11-13-5-4-10-16-13/h4-5,10,12H,3,6-9,11H2,1-2H3. The normalized spacial score (nSPS) is 13.2. The molecule has 0 spiro atoms. The molecule has 0 fully saturated rings. The molecule has 0 radical (unpaired) electrons. The first-order valence-corrected chi connectivity index (χ1v) is 7.48. The fourth-order valence-electron chi connectivity index (χ4n) is 1.71. The van der Waals surface area contributed by atoms with E-state index in [4.69, 9.17) is 11.6 Å². The molecular weight excluding hydrogens is 238 g/mol. The Labute approximate surface area is 108 Å². The van der Waals surface area contributed by atoms with Gasteiger partial charge in [0.05, 0.1) is 0 Å². The van der Waals surface area contributed by atoms with Gasteiger partial charge < -0.3 is 0 Å². The van der Waals surface area contributed by atoms with Gasteiger partial charge in [0.15, 0.2) is 0 Å². The number of hydrogen-bond acceptors (Lipinski definition) is 2. The van der Waals surface area contributed by atoms with Crippen molar-refractivity contribution in [3.8, 4) is 0 Å². The third-order valence-electron chi connectivity index (χ3n) is 2.95. The summed E-state index contributed by atoms with van der Waals surface area (Å²) in [6, 6.07) is 4.35. The lowest BCUT2D eigenvalue weighted by Crippen LogP contribution is -2.24. The molecule has 1 nitrogen and oxygen atoms in total. The number of alkyl halides is 1. The zero-order chi connectivity index (χ0) is 11.8. The molecule has 0 aliphatic carbocycles. The molecule has 0 N–H and O–H groups in total. The van der Waals surface area contributed by atoms with Gasteiger partial charge in [-0.1, -0.05) is 19.9 Å². The molecule has 1 unspecified atom stereocenters. The van der Waals surface area contributed by atoms with Crippen molar-refractivity contribution >= 4 is 22.9 Å². The molecule has 1 rings (SSSR count). The van der Waals surface area contributed by atoms with Crippen molar-refractivity contribution in [1.29, 1.82) is 0 Å². The minimum atomic E-state index is 0.745. The van der Waals surface area contributed by atoms with Gasteiger partial charge in [-0.2, -0.15) is 0 Å². The first kappa shape index (κ1) is 14.0. The van der Waals surface area contributed by atoms with Gasteiger partial charge >= 0.3 is 0 Å². The summed E-state index contributed by atoms with van der Waals surface area (Å²) < 4.78 is 0. The van der Waals surface area contributed by atoms with E-state index < -0.39 is 0 Å². The number of thiophene rings is 1. The lowest BCUT2D eigenvalue weighted by molar-refractivity contribution is 0.259. The summed E-state index contributed by atoms with van der Waals surface area (Å²) in [5, 5.41) is 2.15. The summed E-state index contributed by atoms with van der Waals surface area (Å²) in [6.07, 6.45) is 2.39. The van der Waals surface area contributed by atoms with E-state index in [0.29, 0.717) is 0 Å². The van der Waals surface area contributed by atoms with E-state index in [1.165, 1.54) is 17.8 Å². The molecule has 3 heteroatoms. The van der Waals surface area contributed by atoms with Crippen LogP contribution in [0.1, 0.15) is 31.6 Å². The molecule has 0 aliphatic heterocycles. The van der Waals surface area contributed by atoms with E-state index >= 15 is 0 Å². The summed E-state index contributed by atoms with van der Waals surface area (Å²) in [7, 11) is 0. The van der Waals surface area contributed by atoms with E-state index in [2.05, 4.69) is 36.3 Å². The van der Waals surface area contributed by atoms with Crippen LogP contribution in [0.2, 0.25) is 0 Å². The van der Waals surface area contributed by atoms with Crippen LogP contribution in [-0.4, -0.2) is 23.9 Å². The van der Waals surface area contributed by atoms with Crippen molar-refractivity contribution in [3.63, 3.8) is 0 Å². The van der Waals surface area contributed by atoms with Gasteiger partial charge in [-0.15, -0.1) is 22.9 Å². The lowest BCUT2D eigenvalue weighted by atomic mass is 10.1. The van der Waals surface area contributed by atoms with Crippen LogP contribution < -0.4 is 0 Å². The van der Waals surface area contributed by atoms with Gasteiger partial charge in [-0.05, 0) is 43.3 Å². The third-order valence-corrected chi connectivity index (χ3v) is 4.03. The van der Waals surface area contributed by atoms with Crippen molar-refractivity contribution in [1.82, 2.24) is 4.90 Å². The van der Waals surface area contributed by atoms with Crippen molar-refractivity contribution in [2.24, 2.45) is 5.92 Å². The molecule has 0 saturated carbocycles. The Balaban J connectivity index is 2.26. The van der Waals surface area contributed by atoms with Crippen LogP contribution >= 0.6 is 22.9 Å². The van der Waals surface area contributed by atoms with Gasteiger partial charge in [-0.25, -0.2) is 0 Å². The molecule has 1 heterocycles. The highest BCUT2D eigenvalue weighted by Gasteiger charge is 2.07. The highest BCUT2D eigenvalue weighted by atomic mass is 35.5. The fraction of sp³-hybridized carbons (Fsp3) is 0.692. The Hall–Kier alpha value is -0.0500. The second-order valence-corrected chi connectivity index (χ2v) is 5.73. The van der Waals surface area contributed by atoms with Crippen LogP contribution in [0.5, 0.6) is 0 Å². The van der Waals surface area contributed by atoms with Crippen LogP contribution in [0.3, 0.4) is 0 Å². The summed E-state index contributed by atoms with van der Waals surface area (Å²) >= 11 is 7.60. The molecule has 1 atom stereocenters. The highest BCUT2D eigenvalue weighted by Crippen LogP contribution is 2.14. The Bertz CT molecular complexity index is 261. The first-order chi connectivity index (χ1) is 7.76. The molecule has 1 aromatic heterocycles. The second-order valence-electron chi connectivity index (χ2n) is 4.32. The summed E-state index contributed by atoms with van der Waals surface area (Å²) in [6.45, 7) is 7.95. The molecule has 0 aliphatic rings. The van der Waals surface area contributed by atoms with Crippen molar-refractivity contribution < 1.29 is 0 Å². The molecule has 16 heavy (non-hydrogen) atoms. The van der Waals surface area contributed by atoms with Crippen molar-refractivity contribution in [2.75, 3.05) is 19.0 Å². The van der Waals surface area contributed by atoms with Crippen molar-refractivity contribution in [3.05, 3.63) is 22.4 Å². The van der Waals surface area contributed by atoms with E-state index in [1.54, 1.807) is 0 Å². The van der Waals surface area contributed by atoms with Gasteiger partial charge in [0.1, 0.15) is 0 Å². The summed E-state index contributed by atoms with van der Waals surface area (Å²) in [5.41, 5.74) is 0. The zero-order valence-corrected chi connectivity index (χ0v) is 11.9. The Morgan fingerprint density at radius 1 is 1.44 bits per heavy atom. The number of halogens is 1. The highest BCUT2D eigenvalue weighted by molar-refractivity contribution is 7.09. The maximum atomic E-state index is 5.75. The minimum Gasteiger partial charge on any atom is -0.299 e. The molecule has 0 amide bonds. The monoisotopic (exact) mass is 259 g/mol. The Kier molecular flexibility index (Phi) is 7.10. The fourth-order valence-corrected chi connectivity index (χ4v) is 2.82. The molecule has 0 saturated heterocycles. The van der Waals surface area contributed by atoms with E-state index in [1.807, 2.05) is 11.3 Å². The number of nitrogens with zero attached hydrogens (tertiary/aromatic N) is 1. The minimum absolute atomic E-state index is 0.745. The van der Waals surface area contributed by atoms with Crippen LogP contribution in [0.4, 0.5) is 0 Å². The summed E-state index contributed by atoms with van der Waals surface area (Å²) in [5.74, 6) is 1.54. The number of rotatable bonds is 8. The van der Waals surface area contributed by atoms with Crippen LogP contribution in [-0.2, 0) is 6.54 Å². The third kappa shape index (κ3) is 5.33. The van der Waals surface area contributed by atoms with Crippen LogP contribution in [0.25, 0.3) is 0 Å². The van der Waals surface area contributed by atoms with E-state index in [9.17, 15) is 0 Å². The molecule has 0 aromatic carbocycles. The predicted molar refractivity (Wildman–Crippen MR) is 74.4 cm³/mol. The van der Waals surface area contributed by atoms with Gasteiger partial charge in [0.2, 0.25) is 0 Å². The van der Waals surface area contributed by atoms with Crippen molar-refractivity contribution in [2.45, 2.75) is 33.2 Å². The lowest BCUT2D eigenvalue weighted by Gasteiger charge is -2.21. The van der Waals surface area contributed by atoms with Gasteiger partial charge in [0, 0.05) is 17.3 Å². The van der Waals surface area contributed by atoms with Crippen LogP contribution in [0.15, 0.2) is 17.5 Å². The topological polar surface area (TPSA) is 3.24 Å². The Morgan fingerprint density at radius 2 is 2.25 bits per heavy atom.